The van der Waals surface area contributed by atoms with E-state index in [1.807, 2.05) is 44.2 Å². The second kappa shape index (κ2) is 11.2. The third-order valence-electron chi connectivity index (χ3n) is 7.77. The lowest BCUT2D eigenvalue weighted by atomic mass is 9.90. The molecule has 4 heterocycles. The third-order valence-corrected chi connectivity index (χ3v) is 7.77. The molecular weight excluding hydrogens is 492 g/mol. The van der Waals surface area contributed by atoms with Gasteiger partial charge in [-0.15, -0.1) is 0 Å². The zero-order valence-electron chi connectivity index (χ0n) is 23.1. The van der Waals surface area contributed by atoms with Crippen LogP contribution in [0, 0.1) is 11.8 Å². The van der Waals surface area contributed by atoms with E-state index in [4.69, 9.17) is 23.7 Å². The molecule has 38 heavy (non-hydrogen) atoms. The number of ether oxygens (including phenoxy) is 5. The Labute approximate surface area is 224 Å². The summed E-state index contributed by atoms with van der Waals surface area (Å²) in [5.74, 6) is -0.367. The third kappa shape index (κ3) is 6.13. The zero-order valence-corrected chi connectivity index (χ0v) is 23.1. The van der Waals surface area contributed by atoms with Crippen molar-refractivity contribution in [3.05, 3.63) is 35.9 Å². The van der Waals surface area contributed by atoms with Crippen molar-refractivity contribution in [3.8, 4) is 0 Å². The molecule has 5 rings (SSSR count). The van der Waals surface area contributed by atoms with Gasteiger partial charge in [0.1, 0.15) is 18.7 Å². The topological polar surface area (TPSA) is 113 Å². The maximum Gasteiger partial charge on any atom is 0.410 e. The van der Waals surface area contributed by atoms with E-state index in [0.29, 0.717) is 13.0 Å². The fourth-order valence-electron chi connectivity index (χ4n) is 6.23. The fraction of sp³-hybridized carbons (Fsp3) is 0.679. The van der Waals surface area contributed by atoms with E-state index < -0.39 is 18.1 Å². The molecule has 4 saturated heterocycles. The predicted molar refractivity (Wildman–Crippen MR) is 137 cm³/mol. The number of methoxy groups -OCH3 is 2. The molecule has 1 aromatic carbocycles. The van der Waals surface area contributed by atoms with Crippen LogP contribution in [0.2, 0.25) is 0 Å². The number of rotatable bonds is 4. The maximum absolute atomic E-state index is 12.5. The molecule has 4 aliphatic rings. The minimum atomic E-state index is -0.648. The summed E-state index contributed by atoms with van der Waals surface area (Å²) in [4.78, 5) is 37.6. The van der Waals surface area contributed by atoms with E-state index in [-0.39, 0.29) is 53.9 Å². The van der Waals surface area contributed by atoms with Crippen LogP contribution < -0.4 is 5.32 Å². The van der Waals surface area contributed by atoms with Crippen molar-refractivity contribution in [1.29, 1.82) is 0 Å². The molecule has 10 nitrogen and oxygen atoms in total. The lowest BCUT2D eigenvalue weighted by Crippen LogP contribution is -2.45. The van der Waals surface area contributed by atoms with Crippen LogP contribution in [0.4, 0.5) is 4.79 Å². The number of nitrogens with zero attached hydrogens (tertiary/aromatic N) is 1. The normalized spacial score (nSPS) is 32.0. The number of likely N-dealkylation sites (tertiary alicyclic amines) is 1. The number of fused-ring (bicyclic) bond motifs is 2. The van der Waals surface area contributed by atoms with Gasteiger partial charge in [-0.2, -0.15) is 0 Å². The first-order chi connectivity index (χ1) is 17.9. The molecule has 1 amide bonds. The van der Waals surface area contributed by atoms with Crippen molar-refractivity contribution in [2.24, 2.45) is 11.8 Å². The standard InChI is InChI=1S/C18H23NO5.C10H17NO3/c1-18(2)9-13-14(24-18)10-19(15(13)16(20)22-3)17(21)23-11-12-7-5-4-6-8-12;1-10(2)4-6-7(14-10)5-11-8(6)9(12)13-3/h4-8,13-15H,9-11H2,1-3H3;6-8,11H,4-5H2,1-3H3/t13-,14?,15?;6-,7?,8?/m00/s1. The smallest absolute Gasteiger partial charge is 0.410 e. The summed E-state index contributed by atoms with van der Waals surface area (Å²) in [6, 6.07) is 8.62. The minimum Gasteiger partial charge on any atom is -0.468 e. The van der Waals surface area contributed by atoms with Gasteiger partial charge in [0.15, 0.2) is 0 Å². The second-order valence-electron chi connectivity index (χ2n) is 11.6. The van der Waals surface area contributed by atoms with Crippen LogP contribution in [-0.2, 0) is 39.9 Å². The van der Waals surface area contributed by atoms with Crippen molar-refractivity contribution >= 4 is 18.0 Å². The number of esters is 2. The Morgan fingerprint density at radius 3 is 2.16 bits per heavy atom. The number of carbonyl (C=O) groups excluding carboxylic acids is 3. The summed E-state index contributed by atoms with van der Waals surface area (Å²) in [6.07, 6.45) is 1.14. The summed E-state index contributed by atoms with van der Waals surface area (Å²) in [5.41, 5.74) is 0.517. The van der Waals surface area contributed by atoms with Crippen LogP contribution in [-0.4, -0.2) is 85.7 Å². The van der Waals surface area contributed by atoms with Crippen LogP contribution in [0.5, 0.6) is 0 Å². The minimum absolute atomic E-state index is 0.0586. The summed E-state index contributed by atoms with van der Waals surface area (Å²) < 4.78 is 26.9. The first-order valence-corrected chi connectivity index (χ1v) is 13.2. The van der Waals surface area contributed by atoms with Gasteiger partial charge in [0.25, 0.3) is 0 Å². The van der Waals surface area contributed by atoms with Gasteiger partial charge in [-0.1, -0.05) is 30.3 Å². The average Bonchev–Trinajstić information content (AvgIpc) is 3.58. The Balaban J connectivity index is 0.000000204. The molecule has 0 saturated carbocycles. The molecule has 10 heteroatoms. The number of benzene rings is 1. The highest BCUT2D eigenvalue weighted by molar-refractivity contribution is 5.83. The van der Waals surface area contributed by atoms with Gasteiger partial charge in [0.05, 0.1) is 44.2 Å². The molecule has 4 unspecified atom stereocenters. The average molecular weight is 533 g/mol. The molecule has 0 aromatic heterocycles. The summed E-state index contributed by atoms with van der Waals surface area (Å²) >= 11 is 0. The van der Waals surface area contributed by atoms with Gasteiger partial charge in [0.2, 0.25) is 0 Å². The molecule has 210 valence electrons. The molecule has 6 atom stereocenters. The summed E-state index contributed by atoms with van der Waals surface area (Å²) in [6.45, 7) is 9.41. The zero-order chi connectivity index (χ0) is 27.7. The molecule has 0 aliphatic carbocycles. The van der Waals surface area contributed by atoms with Crippen LogP contribution >= 0.6 is 0 Å². The van der Waals surface area contributed by atoms with Gasteiger partial charge in [-0.3, -0.25) is 9.69 Å². The highest BCUT2D eigenvalue weighted by atomic mass is 16.6. The summed E-state index contributed by atoms with van der Waals surface area (Å²) in [5, 5.41) is 3.15. The van der Waals surface area contributed by atoms with Gasteiger partial charge in [0, 0.05) is 18.4 Å². The van der Waals surface area contributed by atoms with E-state index in [2.05, 4.69) is 19.2 Å². The van der Waals surface area contributed by atoms with Gasteiger partial charge >= 0.3 is 18.0 Å². The van der Waals surface area contributed by atoms with Gasteiger partial charge in [-0.05, 0) is 46.1 Å². The molecule has 4 fully saturated rings. The predicted octanol–water partition coefficient (Wildman–Crippen LogP) is 2.68. The van der Waals surface area contributed by atoms with Crippen molar-refractivity contribution < 1.29 is 38.1 Å². The number of carbonyl (C=O) groups is 3. The van der Waals surface area contributed by atoms with Gasteiger partial charge in [-0.25, -0.2) is 9.59 Å². The van der Waals surface area contributed by atoms with Crippen molar-refractivity contribution in [2.45, 2.75) is 82.6 Å². The lowest BCUT2D eigenvalue weighted by Gasteiger charge is -2.27. The van der Waals surface area contributed by atoms with Crippen LogP contribution in [0.1, 0.15) is 46.1 Å². The molecule has 4 aliphatic heterocycles. The molecule has 1 N–H and O–H groups in total. The van der Waals surface area contributed by atoms with Crippen LogP contribution in [0.3, 0.4) is 0 Å². The van der Waals surface area contributed by atoms with E-state index in [1.165, 1.54) is 19.1 Å². The van der Waals surface area contributed by atoms with E-state index in [1.54, 1.807) is 0 Å². The highest BCUT2D eigenvalue weighted by Gasteiger charge is 2.56. The molecule has 0 spiro atoms. The van der Waals surface area contributed by atoms with Crippen molar-refractivity contribution in [1.82, 2.24) is 10.2 Å². The summed E-state index contributed by atoms with van der Waals surface area (Å²) in [7, 11) is 2.77. The molecule has 0 radical (unpaired) electrons. The largest absolute Gasteiger partial charge is 0.468 e. The van der Waals surface area contributed by atoms with Crippen molar-refractivity contribution in [3.63, 3.8) is 0 Å². The first-order valence-electron chi connectivity index (χ1n) is 13.2. The monoisotopic (exact) mass is 532 g/mol. The Bertz CT molecular complexity index is 1010. The molecule has 0 bridgehead atoms. The number of nitrogens with one attached hydrogen (secondary N) is 1. The Hall–Kier alpha value is -2.69. The Kier molecular flexibility index (Phi) is 8.34. The number of hydrogen-bond acceptors (Lipinski definition) is 9. The number of hydrogen-bond donors (Lipinski definition) is 1. The Morgan fingerprint density at radius 1 is 0.921 bits per heavy atom. The van der Waals surface area contributed by atoms with Gasteiger partial charge < -0.3 is 29.0 Å². The fourth-order valence-corrected chi connectivity index (χ4v) is 6.23. The van der Waals surface area contributed by atoms with Crippen molar-refractivity contribution in [2.75, 3.05) is 27.3 Å². The quantitative estimate of drug-likeness (QED) is 0.462. The van der Waals surface area contributed by atoms with Crippen LogP contribution in [0.15, 0.2) is 30.3 Å². The van der Waals surface area contributed by atoms with E-state index in [9.17, 15) is 14.4 Å². The first kappa shape index (κ1) is 28.3. The van der Waals surface area contributed by atoms with Crippen LogP contribution in [0.25, 0.3) is 0 Å². The van der Waals surface area contributed by atoms with E-state index in [0.717, 1.165) is 18.5 Å². The Morgan fingerprint density at radius 2 is 1.53 bits per heavy atom. The van der Waals surface area contributed by atoms with E-state index >= 15 is 0 Å². The lowest BCUT2D eigenvalue weighted by molar-refractivity contribution is -0.147. The second-order valence-corrected chi connectivity index (χ2v) is 11.6. The SMILES string of the molecule is COC(=O)C1NCC2OC(C)(C)C[C@@H]21.COC(=O)C1[C@H]2CC(C)(C)OC2CN1C(=O)OCc1ccccc1. The maximum atomic E-state index is 12.5. The molecule has 1 aromatic rings. The number of amides is 1. The highest BCUT2D eigenvalue weighted by Crippen LogP contribution is 2.43. The molecular formula is C28H40N2O8.